The van der Waals surface area contributed by atoms with E-state index in [-0.39, 0.29) is 11.0 Å². The highest BCUT2D eigenvalue weighted by Crippen LogP contribution is 2.04. The van der Waals surface area contributed by atoms with E-state index in [4.69, 9.17) is 5.11 Å². The molecule has 0 amide bonds. The minimum absolute atomic E-state index is 0.269. The van der Waals surface area contributed by atoms with Gasteiger partial charge in [0.2, 0.25) is 0 Å². The Morgan fingerprint density at radius 3 is 2.20 bits per heavy atom. The molecule has 0 fully saturated rings. The number of hydrogen-bond donors (Lipinski definition) is 1. The van der Waals surface area contributed by atoms with Crippen LogP contribution in [0.15, 0.2) is 0 Å². The molecule has 0 aliphatic rings. The lowest BCUT2D eigenvalue weighted by Crippen LogP contribution is -1.72. The SMILES string of the molecule is O=C(O)SCl. The van der Waals surface area contributed by atoms with Gasteiger partial charge in [-0.25, -0.2) is 4.79 Å². The molecule has 4 heteroatoms. The first-order chi connectivity index (χ1) is 2.27. The second-order valence-corrected chi connectivity index (χ2v) is 1.31. The minimum Gasteiger partial charge on any atom is -0.472 e. The summed E-state index contributed by atoms with van der Waals surface area (Å²) in [5, 5.41) is 6.49. The number of halogens is 1. The van der Waals surface area contributed by atoms with Crippen LogP contribution in [0.2, 0.25) is 0 Å². The van der Waals surface area contributed by atoms with Crippen LogP contribution in [0.3, 0.4) is 0 Å². The first-order valence-corrected chi connectivity index (χ1v) is 2.43. The van der Waals surface area contributed by atoms with Gasteiger partial charge in [-0.15, -0.1) is 0 Å². The predicted octanol–water partition coefficient (Wildman–Crippen LogP) is 1.55. The fraction of sp³-hybridized carbons (Fsp3) is 0. The summed E-state index contributed by atoms with van der Waals surface area (Å²) in [7, 11) is 4.92. The van der Waals surface area contributed by atoms with Gasteiger partial charge >= 0.3 is 5.30 Å². The molecule has 0 atom stereocenters. The van der Waals surface area contributed by atoms with E-state index >= 15 is 0 Å². The number of carbonyl (C=O) groups is 1. The van der Waals surface area contributed by atoms with E-state index in [1.165, 1.54) is 0 Å². The van der Waals surface area contributed by atoms with Crippen LogP contribution in [0.1, 0.15) is 0 Å². The van der Waals surface area contributed by atoms with Gasteiger partial charge in [-0.2, -0.15) is 0 Å². The molecule has 0 unspecified atom stereocenters. The maximum absolute atomic E-state index is 9.20. The molecule has 0 aromatic rings. The van der Waals surface area contributed by atoms with Gasteiger partial charge in [-0.3, -0.25) is 0 Å². The first-order valence-electron chi connectivity index (χ1n) is 0.786. The van der Waals surface area contributed by atoms with Crippen LogP contribution in [0.5, 0.6) is 0 Å². The van der Waals surface area contributed by atoms with Crippen LogP contribution in [0.25, 0.3) is 0 Å². The standard InChI is InChI=1S/CHClO2S/c2-5-1(3)4/h(H,3,4). The quantitative estimate of drug-likeness (QED) is 0.517. The van der Waals surface area contributed by atoms with Gasteiger partial charge < -0.3 is 5.11 Å². The average Bonchev–Trinajstić information content (AvgIpc) is 1.38. The van der Waals surface area contributed by atoms with Crippen molar-refractivity contribution in [1.82, 2.24) is 0 Å². The Bertz CT molecular complexity index is 44.9. The Labute approximate surface area is 37.6 Å². The van der Waals surface area contributed by atoms with E-state index in [1.54, 1.807) is 0 Å². The average molecular weight is 113 g/mol. The van der Waals surface area contributed by atoms with E-state index in [2.05, 4.69) is 10.7 Å². The molecule has 1 N–H and O–H groups in total. The molecular formula is CHClO2S. The van der Waals surface area contributed by atoms with Crippen LogP contribution >= 0.6 is 21.7 Å². The highest BCUT2D eigenvalue weighted by molar-refractivity contribution is 8.32. The maximum Gasteiger partial charge on any atom is 0.380 e. The fourth-order valence-corrected chi connectivity index (χ4v) is 0. The zero-order valence-electron chi connectivity index (χ0n) is 2.14. The summed E-state index contributed by atoms with van der Waals surface area (Å²) >= 11 is 0. The molecule has 5 heavy (non-hydrogen) atoms. The Kier molecular flexibility index (Phi) is 2.41. The van der Waals surface area contributed by atoms with Gasteiger partial charge in [0.1, 0.15) is 0 Å². The third-order valence-electron chi connectivity index (χ3n) is 0.0660. The monoisotopic (exact) mass is 112 g/mol. The van der Waals surface area contributed by atoms with E-state index in [0.717, 1.165) is 0 Å². The number of carboxylic acid groups (broad SMARTS) is 1. The summed E-state index contributed by atoms with van der Waals surface area (Å²) in [6.07, 6.45) is 0. The van der Waals surface area contributed by atoms with Crippen LogP contribution in [0, 0.1) is 0 Å². The summed E-state index contributed by atoms with van der Waals surface area (Å²) in [6, 6.07) is 0. The summed E-state index contributed by atoms with van der Waals surface area (Å²) in [4.78, 5) is 9.20. The van der Waals surface area contributed by atoms with E-state index < -0.39 is 5.30 Å². The van der Waals surface area contributed by atoms with Crippen molar-refractivity contribution in [1.29, 1.82) is 0 Å². The second-order valence-electron chi connectivity index (χ2n) is 0.343. The molecule has 0 rings (SSSR count). The van der Waals surface area contributed by atoms with Gasteiger partial charge in [0.25, 0.3) is 0 Å². The molecular weight excluding hydrogens is 112 g/mol. The summed E-state index contributed by atoms with van der Waals surface area (Å²) < 4.78 is 0. The van der Waals surface area contributed by atoms with Crippen LogP contribution in [-0.4, -0.2) is 10.4 Å². The summed E-state index contributed by atoms with van der Waals surface area (Å²) in [6.45, 7) is 0. The lowest BCUT2D eigenvalue weighted by atomic mass is 11.6. The highest BCUT2D eigenvalue weighted by Gasteiger charge is 1.85. The van der Waals surface area contributed by atoms with Gasteiger partial charge in [-0.1, -0.05) is 0 Å². The molecule has 0 aromatic heterocycles. The zero-order valence-corrected chi connectivity index (χ0v) is 3.71. The molecule has 0 saturated heterocycles. The second kappa shape index (κ2) is 2.35. The smallest absolute Gasteiger partial charge is 0.380 e. The van der Waals surface area contributed by atoms with Crippen molar-refractivity contribution < 1.29 is 9.90 Å². The van der Waals surface area contributed by atoms with Crippen LogP contribution < -0.4 is 0 Å². The van der Waals surface area contributed by atoms with Gasteiger partial charge in [0.05, 0.1) is 11.0 Å². The van der Waals surface area contributed by atoms with Crippen LogP contribution in [0.4, 0.5) is 4.79 Å². The molecule has 0 aliphatic heterocycles. The topological polar surface area (TPSA) is 37.3 Å². The van der Waals surface area contributed by atoms with Crippen molar-refractivity contribution in [2.24, 2.45) is 0 Å². The zero-order chi connectivity index (χ0) is 4.28. The first kappa shape index (κ1) is 5.11. The predicted molar refractivity (Wildman–Crippen MR) is 21.5 cm³/mol. The molecule has 30 valence electrons. The molecule has 0 heterocycles. The van der Waals surface area contributed by atoms with Crippen molar-refractivity contribution in [2.45, 2.75) is 0 Å². The van der Waals surface area contributed by atoms with Crippen LogP contribution in [-0.2, 0) is 0 Å². The third-order valence-corrected chi connectivity index (χ3v) is 0.594. The largest absolute Gasteiger partial charge is 0.472 e. The Balaban J connectivity index is 2.85. The fourth-order valence-electron chi connectivity index (χ4n) is 0. The minimum atomic E-state index is -1.06. The van der Waals surface area contributed by atoms with E-state index in [9.17, 15) is 4.79 Å². The van der Waals surface area contributed by atoms with E-state index in [0.29, 0.717) is 0 Å². The van der Waals surface area contributed by atoms with Crippen molar-refractivity contribution >= 4 is 27.0 Å². The normalized spacial score (nSPS) is 7.40. The van der Waals surface area contributed by atoms with Crippen molar-refractivity contribution in [3.05, 3.63) is 0 Å². The van der Waals surface area contributed by atoms with Gasteiger partial charge in [0.15, 0.2) is 0 Å². The molecule has 0 aliphatic carbocycles. The van der Waals surface area contributed by atoms with Gasteiger partial charge in [-0.05, 0) is 10.7 Å². The Morgan fingerprint density at radius 2 is 2.20 bits per heavy atom. The third kappa shape index (κ3) is 4.11. The molecule has 0 saturated carbocycles. The van der Waals surface area contributed by atoms with Crippen molar-refractivity contribution in [2.75, 3.05) is 0 Å². The summed E-state index contributed by atoms with van der Waals surface area (Å²) in [5.41, 5.74) is 0. The van der Waals surface area contributed by atoms with Gasteiger partial charge in [0, 0.05) is 0 Å². The molecule has 0 radical (unpaired) electrons. The number of rotatable bonds is 0. The Hall–Kier alpha value is 0.110. The lowest BCUT2D eigenvalue weighted by Gasteiger charge is -1.68. The molecule has 0 aromatic carbocycles. The van der Waals surface area contributed by atoms with Crippen molar-refractivity contribution in [3.63, 3.8) is 0 Å². The maximum atomic E-state index is 9.20. The summed E-state index contributed by atoms with van der Waals surface area (Å²) in [5.74, 6) is 0. The molecule has 0 spiro atoms. The lowest BCUT2D eigenvalue weighted by molar-refractivity contribution is 0.222. The van der Waals surface area contributed by atoms with E-state index in [1.807, 2.05) is 0 Å². The van der Waals surface area contributed by atoms with Crippen molar-refractivity contribution in [3.8, 4) is 0 Å². The number of hydrogen-bond acceptors (Lipinski definition) is 2. The highest BCUT2D eigenvalue weighted by atomic mass is 35.7. The molecule has 2 nitrogen and oxygen atoms in total. The Morgan fingerprint density at radius 1 is 2.00 bits per heavy atom. The molecule has 0 bridgehead atoms.